The van der Waals surface area contributed by atoms with Gasteiger partial charge in [-0.1, -0.05) is 5.16 Å². The molecule has 1 unspecified atom stereocenters. The number of rotatable bonds is 2. The molecule has 0 spiro atoms. The standard InChI is InChI=1S/C10H13N3O4/c1-6-11-8(12-17-6)9(14)13-5-3-2-4-7(13)10(15)16/h7H,2-5H2,1H3,(H,15,16). The molecule has 2 heterocycles. The minimum atomic E-state index is -0.988. The summed E-state index contributed by atoms with van der Waals surface area (Å²) in [6.45, 7) is 2.00. The average molecular weight is 239 g/mol. The van der Waals surface area contributed by atoms with Crippen molar-refractivity contribution in [2.24, 2.45) is 0 Å². The molecule has 7 nitrogen and oxygen atoms in total. The number of aromatic nitrogens is 2. The molecule has 0 bridgehead atoms. The van der Waals surface area contributed by atoms with Crippen molar-refractivity contribution in [1.29, 1.82) is 0 Å². The second-order valence-electron chi connectivity index (χ2n) is 3.99. The molecular formula is C10H13N3O4. The van der Waals surface area contributed by atoms with Crippen LogP contribution in [0.25, 0.3) is 0 Å². The summed E-state index contributed by atoms with van der Waals surface area (Å²) in [5, 5.41) is 12.6. The average Bonchev–Trinajstić information content (AvgIpc) is 2.75. The van der Waals surface area contributed by atoms with Crippen LogP contribution in [-0.2, 0) is 4.79 Å². The van der Waals surface area contributed by atoms with Gasteiger partial charge in [0, 0.05) is 13.5 Å². The van der Waals surface area contributed by atoms with E-state index in [1.54, 1.807) is 6.92 Å². The first-order valence-electron chi connectivity index (χ1n) is 5.43. The molecule has 2 rings (SSSR count). The van der Waals surface area contributed by atoms with E-state index in [0.717, 1.165) is 12.8 Å². The summed E-state index contributed by atoms with van der Waals surface area (Å²) in [6, 6.07) is -0.782. The van der Waals surface area contributed by atoms with Crippen LogP contribution in [0.5, 0.6) is 0 Å². The van der Waals surface area contributed by atoms with Gasteiger partial charge in [-0.3, -0.25) is 4.79 Å². The van der Waals surface area contributed by atoms with Gasteiger partial charge in [-0.15, -0.1) is 0 Å². The third-order valence-corrected chi connectivity index (χ3v) is 2.77. The third kappa shape index (κ3) is 2.27. The van der Waals surface area contributed by atoms with Crippen LogP contribution < -0.4 is 0 Å². The van der Waals surface area contributed by atoms with Gasteiger partial charge in [0.25, 0.3) is 11.7 Å². The van der Waals surface area contributed by atoms with Crippen molar-refractivity contribution in [3.8, 4) is 0 Å². The molecule has 0 aliphatic carbocycles. The van der Waals surface area contributed by atoms with Crippen LogP contribution >= 0.6 is 0 Å². The predicted octanol–water partition coefficient (Wildman–Crippen LogP) is 0.457. The van der Waals surface area contributed by atoms with Crippen molar-refractivity contribution in [3.05, 3.63) is 11.7 Å². The number of amides is 1. The zero-order valence-corrected chi connectivity index (χ0v) is 9.42. The maximum Gasteiger partial charge on any atom is 0.326 e. The van der Waals surface area contributed by atoms with Crippen molar-refractivity contribution < 1.29 is 19.2 Å². The van der Waals surface area contributed by atoms with Crippen molar-refractivity contribution in [2.75, 3.05) is 6.54 Å². The van der Waals surface area contributed by atoms with Gasteiger partial charge in [0.1, 0.15) is 6.04 Å². The van der Waals surface area contributed by atoms with E-state index in [2.05, 4.69) is 10.1 Å². The Balaban J connectivity index is 2.19. The molecule has 0 aromatic carbocycles. The van der Waals surface area contributed by atoms with Crippen LogP contribution in [0.1, 0.15) is 35.8 Å². The van der Waals surface area contributed by atoms with Crippen LogP contribution in [-0.4, -0.2) is 44.6 Å². The lowest BCUT2D eigenvalue weighted by atomic mass is 10.0. The van der Waals surface area contributed by atoms with Gasteiger partial charge in [0.2, 0.25) is 5.89 Å². The van der Waals surface area contributed by atoms with Crippen LogP contribution in [0.3, 0.4) is 0 Å². The summed E-state index contributed by atoms with van der Waals surface area (Å²) in [7, 11) is 0. The maximum atomic E-state index is 12.0. The van der Waals surface area contributed by atoms with E-state index in [0.29, 0.717) is 13.0 Å². The Labute approximate surface area is 97.4 Å². The molecule has 0 radical (unpaired) electrons. The minimum Gasteiger partial charge on any atom is -0.480 e. The number of hydrogen-bond donors (Lipinski definition) is 1. The number of aliphatic carboxylic acids is 1. The lowest BCUT2D eigenvalue weighted by Gasteiger charge is -2.31. The van der Waals surface area contributed by atoms with Gasteiger partial charge in [-0.25, -0.2) is 4.79 Å². The molecule has 1 N–H and O–H groups in total. The number of carbonyl (C=O) groups is 2. The molecule has 0 saturated carbocycles. The number of piperidine rings is 1. The largest absolute Gasteiger partial charge is 0.480 e. The fraction of sp³-hybridized carbons (Fsp3) is 0.600. The number of likely N-dealkylation sites (tertiary alicyclic amines) is 1. The zero-order chi connectivity index (χ0) is 12.4. The third-order valence-electron chi connectivity index (χ3n) is 2.77. The highest BCUT2D eigenvalue weighted by Gasteiger charge is 2.34. The molecule has 17 heavy (non-hydrogen) atoms. The van der Waals surface area contributed by atoms with E-state index in [-0.39, 0.29) is 11.7 Å². The number of hydrogen-bond acceptors (Lipinski definition) is 5. The first-order valence-corrected chi connectivity index (χ1v) is 5.43. The second-order valence-corrected chi connectivity index (χ2v) is 3.99. The monoisotopic (exact) mass is 239 g/mol. The normalized spacial score (nSPS) is 20.3. The van der Waals surface area contributed by atoms with E-state index in [1.807, 2.05) is 0 Å². The number of nitrogens with zero attached hydrogens (tertiary/aromatic N) is 3. The van der Waals surface area contributed by atoms with Crippen LogP contribution in [0, 0.1) is 6.92 Å². The first-order chi connectivity index (χ1) is 8.09. The van der Waals surface area contributed by atoms with E-state index < -0.39 is 17.9 Å². The molecule has 1 aliphatic heterocycles. The highest BCUT2D eigenvalue weighted by molar-refractivity contribution is 5.93. The van der Waals surface area contributed by atoms with Crippen LogP contribution in [0.4, 0.5) is 0 Å². The molecule has 1 aromatic rings. The Morgan fingerprint density at radius 2 is 2.24 bits per heavy atom. The molecule has 1 aromatic heterocycles. The highest BCUT2D eigenvalue weighted by atomic mass is 16.5. The molecule has 1 atom stereocenters. The van der Waals surface area contributed by atoms with Crippen molar-refractivity contribution >= 4 is 11.9 Å². The summed E-state index contributed by atoms with van der Waals surface area (Å²) in [5.41, 5.74) is 0. The highest BCUT2D eigenvalue weighted by Crippen LogP contribution is 2.19. The Morgan fingerprint density at radius 3 is 2.82 bits per heavy atom. The second kappa shape index (κ2) is 4.52. The summed E-state index contributed by atoms with van der Waals surface area (Å²) in [6.07, 6.45) is 2.08. The van der Waals surface area contributed by atoms with Gasteiger partial charge in [0.15, 0.2) is 0 Å². The number of aryl methyl sites for hydroxylation is 1. The number of carboxylic acid groups (broad SMARTS) is 1. The van der Waals surface area contributed by atoms with Crippen molar-refractivity contribution in [1.82, 2.24) is 15.0 Å². The minimum absolute atomic E-state index is 0.0735. The Kier molecular flexibility index (Phi) is 3.08. The maximum absolute atomic E-state index is 12.0. The summed E-state index contributed by atoms with van der Waals surface area (Å²) in [5.74, 6) is -1.25. The summed E-state index contributed by atoms with van der Waals surface area (Å²) < 4.78 is 4.72. The van der Waals surface area contributed by atoms with Gasteiger partial charge in [-0.05, 0) is 19.3 Å². The zero-order valence-electron chi connectivity index (χ0n) is 9.42. The number of carboxylic acids is 1. The lowest BCUT2D eigenvalue weighted by Crippen LogP contribution is -2.48. The van der Waals surface area contributed by atoms with Crippen LogP contribution in [0.15, 0.2) is 4.52 Å². The van der Waals surface area contributed by atoms with E-state index >= 15 is 0 Å². The number of carbonyl (C=O) groups excluding carboxylic acids is 1. The van der Waals surface area contributed by atoms with Crippen molar-refractivity contribution in [2.45, 2.75) is 32.2 Å². The van der Waals surface area contributed by atoms with Crippen LogP contribution in [0.2, 0.25) is 0 Å². The van der Waals surface area contributed by atoms with Gasteiger partial charge in [0.05, 0.1) is 0 Å². The smallest absolute Gasteiger partial charge is 0.326 e. The Hall–Kier alpha value is -1.92. The van der Waals surface area contributed by atoms with Gasteiger partial charge >= 0.3 is 5.97 Å². The summed E-state index contributed by atoms with van der Waals surface area (Å²) >= 11 is 0. The molecule has 1 amide bonds. The molecule has 7 heteroatoms. The topological polar surface area (TPSA) is 96.5 Å². The Morgan fingerprint density at radius 1 is 1.47 bits per heavy atom. The molecule has 92 valence electrons. The molecule has 1 fully saturated rings. The van der Waals surface area contributed by atoms with E-state index in [9.17, 15) is 9.59 Å². The Bertz CT molecular complexity index is 443. The lowest BCUT2D eigenvalue weighted by molar-refractivity contribution is -0.143. The molecule has 1 saturated heterocycles. The predicted molar refractivity (Wildman–Crippen MR) is 55.3 cm³/mol. The molecular weight excluding hydrogens is 226 g/mol. The van der Waals surface area contributed by atoms with E-state index in [4.69, 9.17) is 9.63 Å². The quantitative estimate of drug-likeness (QED) is 0.805. The fourth-order valence-electron chi connectivity index (χ4n) is 1.95. The van der Waals surface area contributed by atoms with Gasteiger partial charge < -0.3 is 14.5 Å². The summed E-state index contributed by atoms with van der Waals surface area (Å²) in [4.78, 5) is 28.2. The first kappa shape index (κ1) is 11.6. The fourth-order valence-corrected chi connectivity index (χ4v) is 1.95. The molecule has 1 aliphatic rings. The van der Waals surface area contributed by atoms with Crippen molar-refractivity contribution in [3.63, 3.8) is 0 Å². The SMILES string of the molecule is Cc1nc(C(=O)N2CCCCC2C(=O)O)no1. The van der Waals surface area contributed by atoms with E-state index in [1.165, 1.54) is 4.90 Å². The van der Waals surface area contributed by atoms with Gasteiger partial charge in [-0.2, -0.15) is 4.98 Å².